The van der Waals surface area contributed by atoms with E-state index in [0.717, 1.165) is 6.07 Å². The predicted octanol–water partition coefficient (Wildman–Crippen LogP) is 0.642. The van der Waals surface area contributed by atoms with Gasteiger partial charge in [0.2, 0.25) is 10.0 Å². The zero-order valence-corrected chi connectivity index (χ0v) is 13.1. The van der Waals surface area contributed by atoms with Crippen LogP contribution in [0.25, 0.3) is 0 Å². The largest absolute Gasteiger partial charge is 0.508 e. The van der Waals surface area contributed by atoms with Crippen LogP contribution in [0.2, 0.25) is 0 Å². The zero-order chi connectivity index (χ0) is 16.3. The normalized spacial score (nSPS) is 17.3. The average Bonchev–Trinajstić information content (AvgIpc) is 2.46. The van der Waals surface area contributed by atoms with Crippen LogP contribution in [0.5, 0.6) is 11.5 Å². The van der Waals surface area contributed by atoms with Crippen LogP contribution < -0.4 is 5.32 Å². The molecule has 0 bridgehead atoms. The second-order valence-corrected chi connectivity index (χ2v) is 7.54. The first-order valence-corrected chi connectivity index (χ1v) is 8.74. The molecule has 1 saturated heterocycles. The zero-order valence-electron chi connectivity index (χ0n) is 12.3. The van der Waals surface area contributed by atoms with Crippen molar-refractivity contribution in [2.45, 2.75) is 25.8 Å². The van der Waals surface area contributed by atoms with Gasteiger partial charge in [0, 0.05) is 30.8 Å². The molecule has 1 aliphatic heterocycles. The third-order valence-electron chi connectivity index (χ3n) is 3.71. The lowest BCUT2D eigenvalue weighted by Crippen LogP contribution is -2.46. The first-order chi connectivity index (χ1) is 10.3. The van der Waals surface area contributed by atoms with Gasteiger partial charge in [-0.1, -0.05) is 0 Å². The van der Waals surface area contributed by atoms with E-state index in [1.165, 1.54) is 16.4 Å². The number of phenolic OH excluding ortho intramolecular Hbond substituents is 2. The molecule has 8 heteroatoms. The van der Waals surface area contributed by atoms with Crippen LogP contribution in [-0.4, -0.2) is 53.7 Å². The van der Waals surface area contributed by atoms with Gasteiger partial charge in [0.1, 0.15) is 11.5 Å². The second-order valence-electron chi connectivity index (χ2n) is 5.29. The van der Waals surface area contributed by atoms with Crippen LogP contribution in [-0.2, 0) is 10.0 Å². The summed E-state index contributed by atoms with van der Waals surface area (Å²) >= 11 is 0. The van der Waals surface area contributed by atoms with Gasteiger partial charge in [-0.3, -0.25) is 4.79 Å². The molecule has 0 spiro atoms. The molecule has 1 aromatic carbocycles. The SMILES string of the molecule is CCS(=O)(=O)N1CCC(NC(=O)c2cc(O)cc(O)c2)CC1. The quantitative estimate of drug-likeness (QED) is 0.752. The Bertz CT molecular complexity index is 631. The van der Waals surface area contributed by atoms with Crippen molar-refractivity contribution in [1.82, 2.24) is 9.62 Å². The minimum absolute atomic E-state index is 0.0760. The standard InChI is InChI=1S/C14H20N2O5S/c1-2-22(20,21)16-5-3-11(4-6-16)15-14(19)10-7-12(17)9-13(18)8-10/h7-9,11,17-18H,2-6H2,1H3,(H,15,19). The second kappa shape index (κ2) is 6.53. The molecule has 1 aliphatic rings. The molecule has 3 N–H and O–H groups in total. The van der Waals surface area contributed by atoms with E-state index < -0.39 is 15.9 Å². The van der Waals surface area contributed by atoms with Crippen molar-refractivity contribution in [3.05, 3.63) is 23.8 Å². The number of rotatable bonds is 4. The number of sulfonamides is 1. The van der Waals surface area contributed by atoms with Gasteiger partial charge in [0.25, 0.3) is 5.91 Å². The summed E-state index contributed by atoms with van der Waals surface area (Å²) in [6, 6.07) is 3.56. The van der Waals surface area contributed by atoms with Crippen LogP contribution in [0.1, 0.15) is 30.1 Å². The molecule has 1 fully saturated rings. The number of hydrogen-bond acceptors (Lipinski definition) is 5. The number of amides is 1. The van der Waals surface area contributed by atoms with Gasteiger partial charge in [0.15, 0.2) is 0 Å². The third kappa shape index (κ3) is 3.89. The number of carbonyl (C=O) groups is 1. The molecule has 0 saturated carbocycles. The summed E-state index contributed by atoms with van der Waals surface area (Å²) in [7, 11) is -3.18. The number of aromatic hydroxyl groups is 2. The van der Waals surface area contributed by atoms with Crippen molar-refractivity contribution in [2.75, 3.05) is 18.8 Å². The number of phenols is 2. The molecule has 0 atom stereocenters. The van der Waals surface area contributed by atoms with Gasteiger partial charge in [0.05, 0.1) is 5.75 Å². The van der Waals surface area contributed by atoms with Crippen molar-refractivity contribution in [3.63, 3.8) is 0 Å². The highest BCUT2D eigenvalue weighted by molar-refractivity contribution is 7.89. The molecule has 0 radical (unpaired) electrons. The Balaban J connectivity index is 1.94. The maximum absolute atomic E-state index is 12.1. The van der Waals surface area contributed by atoms with E-state index in [1.54, 1.807) is 6.92 Å². The minimum atomic E-state index is -3.18. The first kappa shape index (κ1) is 16.6. The number of hydrogen-bond donors (Lipinski definition) is 3. The molecule has 22 heavy (non-hydrogen) atoms. The maximum Gasteiger partial charge on any atom is 0.251 e. The van der Waals surface area contributed by atoms with Crippen molar-refractivity contribution in [1.29, 1.82) is 0 Å². The van der Waals surface area contributed by atoms with Gasteiger partial charge >= 0.3 is 0 Å². The molecule has 7 nitrogen and oxygen atoms in total. The number of nitrogens with zero attached hydrogens (tertiary/aromatic N) is 1. The van der Waals surface area contributed by atoms with Gasteiger partial charge in [-0.05, 0) is 31.9 Å². The van der Waals surface area contributed by atoms with E-state index in [-0.39, 0.29) is 28.9 Å². The summed E-state index contributed by atoms with van der Waals surface area (Å²) in [5.74, 6) is -0.696. The van der Waals surface area contributed by atoms with Crippen molar-refractivity contribution >= 4 is 15.9 Å². The molecular formula is C14H20N2O5S. The van der Waals surface area contributed by atoms with Gasteiger partial charge in [-0.15, -0.1) is 0 Å². The first-order valence-electron chi connectivity index (χ1n) is 7.13. The molecule has 122 valence electrons. The summed E-state index contributed by atoms with van der Waals surface area (Å²) < 4.78 is 25.0. The number of carbonyl (C=O) groups excluding carboxylic acids is 1. The Hall–Kier alpha value is -1.80. The maximum atomic E-state index is 12.1. The summed E-state index contributed by atoms with van der Waals surface area (Å²) in [5, 5.41) is 21.6. The van der Waals surface area contributed by atoms with E-state index in [4.69, 9.17) is 0 Å². The van der Waals surface area contributed by atoms with Crippen molar-refractivity contribution < 1.29 is 23.4 Å². The van der Waals surface area contributed by atoms with Gasteiger partial charge < -0.3 is 15.5 Å². The monoisotopic (exact) mass is 328 g/mol. The lowest BCUT2D eigenvalue weighted by Gasteiger charge is -2.31. The fourth-order valence-electron chi connectivity index (χ4n) is 2.46. The molecule has 0 aliphatic carbocycles. The van der Waals surface area contributed by atoms with E-state index in [9.17, 15) is 23.4 Å². The topological polar surface area (TPSA) is 107 Å². The van der Waals surface area contributed by atoms with E-state index in [0.29, 0.717) is 25.9 Å². The minimum Gasteiger partial charge on any atom is -0.508 e. The lowest BCUT2D eigenvalue weighted by atomic mass is 10.1. The molecule has 1 heterocycles. The number of benzene rings is 1. The van der Waals surface area contributed by atoms with Crippen molar-refractivity contribution in [3.8, 4) is 11.5 Å². The van der Waals surface area contributed by atoms with Crippen molar-refractivity contribution in [2.24, 2.45) is 0 Å². The highest BCUT2D eigenvalue weighted by Gasteiger charge is 2.27. The molecule has 1 amide bonds. The van der Waals surface area contributed by atoms with E-state index in [2.05, 4.69) is 5.32 Å². The summed E-state index contributed by atoms with van der Waals surface area (Å²) in [4.78, 5) is 12.1. The number of piperidine rings is 1. The highest BCUT2D eigenvalue weighted by atomic mass is 32.2. The summed E-state index contributed by atoms with van der Waals surface area (Å²) in [6.45, 7) is 2.37. The molecule has 1 aromatic rings. The van der Waals surface area contributed by atoms with Crippen LogP contribution in [0, 0.1) is 0 Å². The van der Waals surface area contributed by atoms with Crippen LogP contribution in [0.3, 0.4) is 0 Å². The smallest absolute Gasteiger partial charge is 0.251 e. The van der Waals surface area contributed by atoms with Crippen LogP contribution in [0.4, 0.5) is 0 Å². The van der Waals surface area contributed by atoms with E-state index >= 15 is 0 Å². The van der Waals surface area contributed by atoms with Crippen LogP contribution in [0.15, 0.2) is 18.2 Å². The Morgan fingerprint density at radius 1 is 1.23 bits per heavy atom. The summed E-state index contributed by atoms with van der Waals surface area (Å²) in [6.07, 6.45) is 1.07. The molecule has 0 unspecified atom stereocenters. The molecule has 2 rings (SSSR count). The summed E-state index contributed by atoms with van der Waals surface area (Å²) in [5.41, 5.74) is 0.168. The third-order valence-corrected chi connectivity index (χ3v) is 5.59. The fourth-order valence-corrected chi connectivity index (χ4v) is 3.59. The number of nitrogens with one attached hydrogen (secondary N) is 1. The van der Waals surface area contributed by atoms with Gasteiger partial charge in [-0.2, -0.15) is 0 Å². The Kier molecular flexibility index (Phi) is 4.92. The van der Waals surface area contributed by atoms with Gasteiger partial charge in [-0.25, -0.2) is 12.7 Å². The Labute approximate surface area is 129 Å². The molecule has 0 aromatic heterocycles. The molecular weight excluding hydrogens is 308 g/mol. The lowest BCUT2D eigenvalue weighted by molar-refractivity contribution is 0.0923. The highest BCUT2D eigenvalue weighted by Crippen LogP contribution is 2.21. The fraction of sp³-hybridized carbons (Fsp3) is 0.500. The van der Waals surface area contributed by atoms with E-state index in [1.807, 2.05) is 0 Å². The Morgan fingerprint density at radius 2 is 1.77 bits per heavy atom. The average molecular weight is 328 g/mol. The predicted molar refractivity (Wildman–Crippen MR) is 81.3 cm³/mol. The van der Waals surface area contributed by atoms with Crippen LogP contribution >= 0.6 is 0 Å². The Morgan fingerprint density at radius 3 is 2.27 bits per heavy atom.